The molecule has 1 heterocycles. The molecule has 1 aromatic rings. The number of amides is 1. The number of rotatable bonds is 6. The number of nitrogens with one attached hydrogen (secondary N) is 2. The van der Waals surface area contributed by atoms with E-state index in [0.717, 1.165) is 12.1 Å². The van der Waals surface area contributed by atoms with E-state index in [2.05, 4.69) is 22.5 Å². The Balaban J connectivity index is 2.25. The summed E-state index contributed by atoms with van der Waals surface area (Å²) in [4.78, 5) is 15.8. The molecule has 94 valence electrons. The first-order valence-corrected chi connectivity index (χ1v) is 5.95. The summed E-state index contributed by atoms with van der Waals surface area (Å²) >= 11 is 0. The minimum Gasteiger partial charge on any atom is -0.350 e. The van der Waals surface area contributed by atoms with Crippen LogP contribution in [-0.2, 0) is 11.3 Å². The van der Waals surface area contributed by atoms with E-state index in [1.165, 1.54) is 0 Å². The highest BCUT2D eigenvalue weighted by Gasteiger charge is 2.16. The van der Waals surface area contributed by atoms with E-state index in [1.807, 2.05) is 32.0 Å². The molecule has 0 aliphatic rings. The Kier molecular flexibility index (Phi) is 5.10. The summed E-state index contributed by atoms with van der Waals surface area (Å²) in [6.45, 7) is 7.02. The average Bonchev–Trinajstić information content (AvgIpc) is 2.30. The first-order chi connectivity index (χ1) is 8.03. The zero-order valence-corrected chi connectivity index (χ0v) is 10.8. The van der Waals surface area contributed by atoms with Crippen LogP contribution in [0.4, 0.5) is 0 Å². The second-order valence-electron chi connectivity index (χ2n) is 4.71. The fourth-order valence-electron chi connectivity index (χ4n) is 1.32. The number of nitrogens with zero attached hydrogens (tertiary/aromatic N) is 1. The predicted molar refractivity (Wildman–Crippen MR) is 68.5 cm³/mol. The van der Waals surface area contributed by atoms with E-state index in [-0.39, 0.29) is 11.4 Å². The summed E-state index contributed by atoms with van der Waals surface area (Å²) in [5.74, 6) is 0.0211. The zero-order valence-electron chi connectivity index (χ0n) is 10.8. The van der Waals surface area contributed by atoms with Gasteiger partial charge in [-0.1, -0.05) is 13.0 Å². The monoisotopic (exact) mass is 235 g/mol. The Labute approximate surface area is 103 Å². The van der Waals surface area contributed by atoms with Crippen molar-refractivity contribution in [3.63, 3.8) is 0 Å². The molecule has 0 aliphatic carbocycles. The molecule has 0 fully saturated rings. The number of hydrogen-bond acceptors (Lipinski definition) is 3. The van der Waals surface area contributed by atoms with Crippen molar-refractivity contribution in [1.82, 2.24) is 15.6 Å². The predicted octanol–water partition coefficient (Wildman–Crippen LogP) is 1.48. The highest BCUT2D eigenvalue weighted by Crippen LogP contribution is 2.05. The second-order valence-corrected chi connectivity index (χ2v) is 4.71. The van der Waals surface area contributed by atoms with Crippen LogP contribution in [0.1, 0.15) is 32.9 Å². The minimum atomic E-state index is -0.135. The molecular formula is C13H21N3O. The molecule has 0 saturated carbocycles. The molecular weight excluding hydrogens is 214 g/mol. The van der Waals surface area contributed by atoms with Crippen LogP contribution in [0.2, 0.25) is 0 Å². The maximum atomic E-state index is 11.6. The van der Waals surface area contributed by atoms with Crippen molar-refractivity contribution >= 4 is 5.91 Å². The smallest absolute Gasteiger partial charge is 0.234 e. The fourth-order valence-corrected chi connectivity index (χ4v) is 1.32. The van der Waals surface area contributed by atoms with E-state index in [9.17, 15) is 4.79 Å². The van der Waals surface area contributed by atoms with Gasteiger partial charge >= 0.3 is 0 Å². The topological polar surface area (TPSA) is 54.0 Å². The van der Waals surface area contributed by atoms with Gasteiger partial charge in [0, 0.05) is 18.3 Å². The maximum absolute atomic E-state index is 11.6. The second kappa shape index (κ2) is 6.35. The number of pyridine rings is 1. The molecule has 0 bridgehead atoms. The van der Waals surface area contributed by atoms with Gasteiger partial charge in [0.15, 0.2) is 0 Å². The first kappa shape index (κ1) is 13.6. The van der Waals surface area contributed by atoms with Gasteiger partial charge < -0.3 is 10.6 Å². The molecule has 4 heteroatoms. The van der Waals surface area contributed by atoms with Crippen LogP contribution in [0.5, 0.6) is 0 Å². The summed E-state index contributed by atoms with van der Waals surface area (Å²) in [6, 6.07) is 5.74. The highest BCUT2D eigenvalue weighted by molar-refractivity contribution is 5.78. The Morgan fingerprint density at radius 1 is 1.41 bits per heavy atom. The van der Waals surface area contributed by atoms with Gasteiger partial charge in [0.1, 0.15) is 0 Å². The van der Waals surface area contributed by atoms with Crippen LogP contribution in [0.15, 0.2) is 24.4 Å². The third kappa shape index (κ3) is 5.45. The number of carbonyl (C=O) groups is 1. The normalized spacial score (nSPS) is 11.2. The van der Waals surface area contributed by atoms with Gasteiger partial charge in [-0.15, -0.1) is 0 Å². The van der Waals surface area contributed by atoms with Crippen LogP contribution in [0, 0.1) is 0 Å². The molecule has 0 aliphatic heterocycles. The third-order valence-corrected chi connectivity index (χ3v) is 2.68. The molecule has 0 unspecified atom stereocenters. The lowest BCUT2D eigenvalue weighted by molar-refractivity contribution is -0.121. The van der Waals surface area contributed by atoms with E-state index >= 15 is 0 Å². The van der Waals surface area contributed by atoms with Gasteiger partial charge in [-0.25, -0.2) is 0 Å². The lowest BCUT2D eigenvalue weighted by atomic mass is 10.0. The molecule has 0 saturated heterocycles. The lowest BCUT2D eigenvalue weighted by Crippen LogP contribution is -2.46. The van der Waals surface area contributed by atoms with Crippen molar-refractivity contribution in [1.29, 1.82) is 0 Å². The molecule has 0 atom stereocenters. The van der Waals surface area contributed by atoms with Gasteiger partial charge in [-0.05, 0) is 32.4 Å². The van der Waals surface area contributed by atoms with E-state index < -0.39 is 0 Å². The third-order valence-electron chi connectivity index (χ3n) is 2.68. The molecule has 0 aromatic carbocycles. The maximum Gasteiger partial charge on any atom is 0.234 e. The van der Waals surface area contributed by atoms with Gasteiger partial charge in [0.25, 0.3) is 0 Å². The van der Waals surface area contributed by atoms with Gasteiger partial charge in [-0.2, -0.15) is 0 Å². The summed E-state index contributed by atoms with van der Waals surface area (Å²) in [7, 11) is 0. The SMILES string of the molecule is CCC(C)(C)NC(=O)CNCc1ccccn1. The zero-order chi connectivity index (χ0) is 12.7. The highest BCUT2D eigenvalue weighted by atomic mass is 16.2. The lowest BCUT2D eigenvalue weighted by Gasteiger charge is -2.24. The van der Waals surface area contributed by atoms with Crippen LogP contribution in [-0.4, -0.2) is 23.0 Å². The Morgan fingerprint density at radius 3 is 2.76 bits per heavy atom. The van der Waals surface area contributed by atoms with Gasteiger partial charge in [0.2, 0.25) is 5.91 Å². The number of hydrogen-bond donors (Lipinski definition) is 2. The molecule has 17 heavy (non-hydrogen) atoms. The van der Waals surface area contributed by atoms with Crippen molar-refractivity contribution in [2.45, 2.75) is 39.3 Å². The van der Waals surface area contributed by atoms with E-state index in [1.54, 1.807) is 6.20 Å². The molecule has 1 aromatic heterocycles. The standard InChI is InChI=1S/C13H21N3O/c1-4-13(2,3)16-12(17)10-14-9-11-7-5-6-8-15-11/h5-8,14H,4,9-10H2,1-3H3,(H,16,17). The van der Waals surface area contributed by atoms with E-state index in [4.69, 9.17) is 0 Å². The summed E-state index contributed by atoms with van der Waals surface area (Å²) in [6.07, 6.45) is 2.66. The van der Waals surface area contributed by atoms with Gasteiger partial charge in [-0.3, -0.25) is 9.78 Å². The molecule has 0 spiro atoms. The molecule has 1 amide bonds. The fraction of sp³-hybridized carbons (Fsp3) is 0.538. The van der Waals surface area contributed by atoms with E-state index in [0.29, 0.717) is 13.1 Å². The van der Waals surface area contributed by atoms with Crippen molar-refractivity contribution < 1.29 is 4.79 Å². The quantitative estimate of drug-likeness (QED) is 0.785. The average molecular weight is 235 g/mol. The molecule has 2 N–H and O–H groups in total. The molecule has 4 nitrogen and oxygen atoms in total. The van der Waals surface area contributed by atoms with Gasteiger partial charge in [0.05, 0.1) is 12.2 Å². The minimum absolute atomic E-state index is 0.0211. The Hall–Kier alpha value is -1.42. The molecule has 1 rings (SSSR count). The summed E-state index contributed by atoms with van der Waals surface area (Å²) in [5.41, 5.74) is 0.805. The van der Waals surface area contributed by atoms with Crippen LogP contribution in [0.3, 0.4) is 0 Å². The van der Waals surface area contributed by atoms with Crippen molar-refractivity contribution in [3.05, 3.63) is 30.1 Å². The largest absolute Gasteiger partial charge is 0.350 e. The van der Waals surface area contributed by atoms with Crippen LogP contribution >= 0.6 is 0 Å². The first-order valence-electron chi connectivity index (χ1n) is 5.95. The van der Waals surface area contributed by atoms with Crippen LogP contribution in [0.25, 0.3) is 0 Å². The van der Waals surface area contributed by atoms with Crippen LogP contribution < -0.4 is 10.6 Å². The van der Waals surface area contributed by atoms with Crippen molar-refractivity contribution in [2.24, 2.45) is 0 Å². The number of carbonyl (C=O) groups excluding carboxylic acids is 1. The number of aromatic nitrogens is 1. The summed E-state index contributed by atoms with van der Waals surface area (Å²) < 4.78 is 0. The Morgan fingerprint density at radius 2 is 2.18 bits per heavy atom. The molecule has 0 radical (unpaired) electrons. The van der Waals surface area contributed by atoms with Crippen molar-refractivity contribution in [3.8, 4) is 0 Å². The van der Waals surface area contributed by atoms with Crippen molar-refractivity contribution in [2.75, 3.05) is 6.54 Å². The Bertz CT molecular complexity index is 349. The summed E-state index contributed by atoms with van der Waals surface area (Å²) in [5, 5.41) is 6.04.